The maximum absolute atomic E-state index is 13.7. The van der Waals surface area contributed by atoms with Gasteiger partial charge in [0, 0.05) is 13.1 Å². The van der Waals surface area contributed by atoms with Crippen molar-refractivity contribution in [3.05, 3.63) is 35.6 Å². The van der Waals surface area contributed by atoms with E-state index >= 15 is 0 Å². The number of benzene rings is 1. The van der Waals surface area contributed by atoms with E-state index in [0.29, 0.717) is 32.4 Å². The van der Waals surface area contributed by atoms with Crippen LogP contribution < -0.4 is 0 Å². The fourth-order valence-electron chi connectivity index (χ4n) is 2.99. The first-order valence-electron chi connectivity index (χ1n) is 7.27. The van der Waals surface area contributed by atoms with Crippen LogP contribution in [0.2, 0.25) is 0 Å². The van der Waals surface area contributed by atoms with Crippen LogP contribution in [-0.4, -0.2) is 35.0 Å². The Balaban J connectivity index is 2.09. The van der Waals surface area contributed by atoms with Crippen LogP contribution in [0.25, 0.3) is 0 Å². The molecule has 1 aliphatic heterocycles. The fraction of sp³-hybridized carbons (Fsp3) is 0.500. The lowest BCUT2D eigenvalue weighted by Crippen LogP contribution is -2.46. The van der Waals surface area contributed by atoms with Crippen LogP contribution in [0.5, 0.6) is 0 Å². The molecular weight excluding hydrogens is 273 g/mol. The van der Waals surface area contributed by atoms with Gasteiger partial charge in [0.15, 0.2) is 0 Å². The molecule has 21 heavy (non-hydrogen) atoms. The molecule has 1 saturated heterocycles. The summed E-state index contributed by atoms with van der Waals surface area (Å²) in [5.41, 5.74) is -0.684. The van der Waals surface area contributed by atoms with Crippen molar-refractivity contribution in [2.24, 2.45) is 5.41 Å². The van der Waals surface area contributed by atoms with Crippen molar-refractivity contribution in [2.75, 3.05) is 13.1 Å². The standard InChI is InChI=1S/C16H20FNO3/c1-2-7-16(15(20)21)8-10-18(11-9-16)14(19)12-5-3-4-6-13(12)17/h3-6H,2,7-11H2,1H3,(H,20,21). The Bertz CT molecular complexity index is 536. The number of carbonyl (C=O) groups is 2. The molecule has 0 radical (unpaired) electrons. The molecule has 5 heteroatoms. The predicted octanol–water partition coefficient (Wildman–Crippen LogP) is 2.93. The molecule has 0 unspecified atom stereocenters. The highest BCUT2D eigenvalue weighted by Gasteiger charge is 2.41. The first-order valence-corrected chi connectivity index (χ1v) is 7.27. The van der Waals surface area contributed by atoms with Crippen LogP contribution in [0.4, 0.5) is 4.39 Å². The maximum Gasteiger partial charge on any atom is 0.309 e. The third-order valence-electron chi connectivity index (χ3n) is 4.29. The minimum absolute atomic E-state index is 0.0517. The van der Waals surface area contributed by atoms with Crippen molar-refractivity contribution in [2.45, 2.75) is 32.6 Å². The van der Waals surface area contributed by atoms with Crippen LogP contribution in [0.1, 0.15) is 43.0 Å². The molecule has 0 spiro atoms. The highest BCUT2D eigenvalue weighted by atomic mass is 19.1. The van der Waals surface area contributed by atoms with Crippen molar-refractivity contribution < 1.29 is 19.1 Å². The molecule has 1 aromatic carbocycles. The van der Waals surface area contributed by atoms with E-state index in [0.717, 1.165) is 6.42 Å². The van der Waals surface area contributed by atoms with Gasteiger partial charge in [0.2, 0.25) is 0 Å². The Morgan fingerprint density at radius 2 is 1.90 bits per heavy atom. The number of hydrogen-bond acceptors (Lipinski definition) is 2. The number of rotatable bonds is 4. The third kappa shape index (κ3) is 3.06. The second-order valence-corrected chi connectivity index (χ2v) is 5.61. The Kier molecular flexibility index (Phi) is 4.60. The molecule has 1 amide bonds. The monoisotopic (exact) mass is 293 g/mol. The van der Waals surface area contributed by atoms with Gasteiger partial charge in [-0.3, -0.25) is 9.59 Å². The van der Waals surface area contributed by atoms with E-state index in [1.54, 1.807) is 17.0 Å². The highest BCUT2D eigenvalue weighted by molar-refractivity contribution is 5.94. The second kappa shape index (κ2) is 6.24. The number of hydrogen-bond donors (Lipinski definition) is 1. The minimum Gasteiger partial charge on any atom is -0.481 e. The molecule has 0 saturated carbocycles. The van der Waals surface area contributed by atoms with Gasteiger partial charge in [-0.25, -0.2) is 4.39 Å². The van der Waals surface area contributed by atoms with Crippen molar-refractivity contribution in [3.63, 3.8) is 0 Å². The molecule has 0 bridgehead atoms. The molecule has 1 fully saturated rings. The summed E-state index contributed by atoms with van der Waals surface area (Å²) in [7, 11) is 0. The van der Waals surface area contributed by atoms with Crippen molar-refractivity contribution >= 4 is 11.9 Å². The third-order valence-corrected chi connectivity index (χ3v) is 4.29. The Hall–Kier alpha value is -1.91. The van der Waals surface area contributed by atoms with E-state index in [9.17, 15) is 19.1 Å². The molecule has 1 heterocycles. The number of aliphatic carboxylic acids is 1. The van der Waals surface area contributed by atoms with E-state index in [2.05, 4.69) is 0 Å². The average molecular weight is 293 g/mol. The van der Waals surface area contributed by atoms with Gasteiger partial charge in [-0.15, -0.1) is 0 Å². The van der Waals surface area contributed by atoms with E-state index in [1.165, 1.54) is 12.1 Å². The van der Waals surface area contributed by atoms with E-state index in [-0.39, 0.29) is 11.5 Å². The van der Waals surface area contributed by atoms with Gasteiger partial charge >= 0.3 is 5.97 Å². The van der Waals surface area contributed by atoms with Gasteiger partial charge in [-0.05, 0) is 31.4 Å². The number of amides is 1. The van der Waals surface area contributed by atoms with Gasteiger partial charge in [0.25, 0.3) is 5.91 Å². The summed E-state index contributed by atoms with van der Waals surface area (Å²) in [5.74, 6) is -1.68. The first kappa shape index (κ1) is 15.5. The Labute approximate surface area is 123 Å². The zero-order valence-electron chi connectivity index (χ0n) is 12.1. The first-order chi connectivity index (χ1) is 10.00. The van der Waals surface area contributed by atoms with Gasteiger partial charge in [0.05, 0.1) is 11.0 Å². The Morgan fingerprint density at radius 3 is 2.43 bits per heavy atom. The van der Waals surface area contributed by atoms with Crippen molar-refractivity contribution in [3.8, 4) is 0 Å². The van der Waals surface area contributed by atoms with Gasteiger partial charge in [-0.2, -0.15) is 0 Å². The molecule has 0 aliphatic carbocycles. The molecule has 0 aromatic heterocycles. The number of halogens is 1. The lowest BCUT2D eigenvalue weighted by molar-refractivity contribution is -0.152. The fourth-order valence-corrected chi connectivity index (χ4v) is 2.99. The lowest BCUT2D eigenvalue weighted by Gasteiger charge is -2.38. The highest BCUT2D eigenvalue weighted by Crippen LogP contribution is 2.36. The van der Waals surface area contributed by atoms with Crippen LogP contribution in [0.3, 0.4) is 0 Å². The summed E-state index contributed by atoms with van der Waals surface area (Å²) in [6.45, 7) is 2.68. The van der Waals surface area contributed by atoms with Gasteiger partial charge < -0.3 is 10.0 Å². The van der Waals surface area contributed by atoms with Gasteiger partial charge in [0.1, 0.15) is 5.82 Å². The summed E-state index contributed by atoms with van der Waals surface area (Å²) in [6, 6.07) is 5.89. The van der Waals surface area contributed by atoms with Crippen LogP contribution in [0, 0.1) is 11.2 Å². The topological polar surface area (TPSA) is 57.6 Å². The van der Waals surface area contributed by atoms with Crippen molar-refractivity contribution in [1.82, 2.24) is 4.90 Å². The molecule has 1 aromatic rings. The zero-order chi connectivity index (χ0) is 15.5. The molecule has 114 valence electrons. The zero-order valence-corrected chi connectivity index (χ0v) is 12.1. The maximum atomic E-state index is 13.7. The number of carboxylic acid groups (broad SMARTS) is 1. The average Bonchev–Trinajstić information content (AvgIpc) is 2.48. The molecule has 2 rings (SSSR count). The van der Waals surface area contributed by atoms with E-state index < -0.39 is 17.2 Å². The quantitative estimate of drug-likeness (QED) is 0.928. The number of carboxylic acids is 1. The molecule has 0 atom stereocenters. The van der Waals surface area contributed by atoms with Gasteiger partial charge in [-0.1, -0.05) is 25.5 Å². The second-order valence-electron chi connectivity index (χ2n) is 5.61. The van der Waals surface area contributed by atoms with Crippen LogP contribution >= 0.6 is 0 Å². The normalized spacial score (nSPS) is 17.5. The lowest BCUT2D eigenvalue weighted by atomic mass is 9.75. The number of likely N-dealkylation sites (tertiary alicyclic amines) is 1. The SMILES string of the molecule is CCCC1(C(=O)O)CCN(C(=O)c2ccccc2F)CC1. The molecule has 4 nitrogen and oxygen atoms in total. The number of piperidine rings is 1. The summed E-state index contributed by atoms with van der Waals surface area (Å²) in [5, 5.41) is 9.44. The minimum atomic E-state index is -0.789. The summed E-state index contributed by atoms with van der Waals surface area (Å²) in [4.78, 5) is 25.4. The number of carbonyl (C=O) groups excluding carboxylic acids is 1. The van der Waals surface area contributed by atoms with Crippen LogP contribution in [0.15, 0.2) is 24.3 Å². The molecular formula is C16H20FNO3. The van der Waals surface area contributed by atoms with E-state index in [4.69, 9.17) is 0 Å². The smallest absolute Gasteiger partial charge is 0.309 e. The summed E-state index contributed by atoms with van der Waals surface area (Å²) < 4.78 is 13.7. The van der Waals surface area contributed by atoms with Crippen molar-refractivity contribution in [1.29, 1.82) is 0 Å². The number of nitrogens with zero attached hydrogens (tertiary/aromatic N) is 1. The summed E-state index contributed by atoms with van der Waals surface area (Å²) >= 11 is 0. The molecule has 1 N–H and O–H groups in total. The predicted molar refractivity (Wildman–Crippen MR) is 76.5 cm³/mol. The van der Waals surface area contributed by atoms with E-state index in [1.807, 2.05) is 6.92 Å². The summed E-state index contributed by atoms with van der Waals surface area (Å²) in [6.07, 6.45) is 2.27. The Morgan fingerprint density at radius 1 is 1.29 bits per heavy atom. The molecule has 1 aliphatic rings. The largest absolute Gasteiger partial charge is 0.481 e. The van der Waals surface area contributed by atoms with Crippen LogP contribution in [-0.2, 0) is 4.79 Å².